The second-order valence-corrected chi connectivity index (χ2v) is 6.48. The van der Waals surface area contributed by atoms with Gasteiger partial charge in [0.1, 0.15) is 5.54 Å². The van der Waals surface area contributed by atoms with Crippen LogP contribution in [-0.2, 0) is 9.59 Å². The molecule has 0 bridgehead atoms. The fourth-order valence-electron chi connectivity index (χ4n) is 3.70. The highest BCUT2D eigenvalue weighted by Crippen LogP contribution is 2.33. The van der Waals surface area contributed by atoms with Gasteiger partial charge >= 0.3 is 5.97 Å². The smallest absolute Gasteiger partial charge is 0.329 e. The Labute approximate surface area is 115 Å². The Balaban J connectivity index is 1.87. The van der Waals surface area contributed by atoms with Gasteiger partial charge in [-0.15, -0.1) is 0 Å². The average molecular weight is 267 g/mol. The van der Waals surface area contributed by atoms with Gasteiger partial charge in [-0.2, -0.15) is 0 Å². The van der Waals surface area contributed by atoms with Crippen molar-refractivity contribution < 1.29 is 14.7 Å². The van der Waals surface area contributed by atoms with Crippen molar-refractivity contribution in [3.8, 4) is 0 Å². The van der Waals surface area contributed by atoms with Crippen LogP contribution in [0.15, 0.2) is 0 Å². The van der Waals surface area contributed by atoms with E-state index >= 15 is 0 Å². The van der Waals surface area contributed by atoms with Crippen molar-refractivity contribution >= 4 is 11.9 Å². The van der Waals surface area contributed by atoms with Crippen molar-refractivity contribution in [1.82, 2.24) is 5.32 Å². The third kappa shape index (κ3) is 3.48. The highest BCUT2D eigenvalue weighted by Gasteiger charge is 2.42. The maximum Gasteiger partial charge on any atom is 0.329 e. The average Bonchev–Trinajstić information content (AvgIpc) is 2.78. The molecule has 0 spiro atoms. The van der Waals surface area contributed by atoms with E-state index in [9.17, 15) is 14.7 Å². The number of carboxylic acids is 1. The van der Waals surface area contributed by atoms with Crippen LogP contribution in [0.5, 0.6) is 0 Å². The van der Waals surface area contributed by atoms with Gasteiger partial charge in [0.25, 0.3) is 0 Å². The molecule has 4 heteroatoms. The molecule has 0 aromatic rings. The van der Waals surface area contributed by atoms with Crippen molar-refractivity contribution in [2.45, 2.75) is 70.3 Å². The van der Waals surface area contributed by atoms with Crippen molar-refractivity contribution in [3.63, 3.8) is 0 Å². The van der Waals surface area contributed by atoms with E-state index in [0.29, 0.717) is 31.1 Å². The number of hydrogen-bond acceptors (Lipinski definition) is 2. The van der Waals surface area contributed by atoms with Crippen LogP contribution in [0.4, 0.5) is 0 Å². The second-order valence-electron chi connectivity index (χ2n) is 6.48. The van der Waals surface area contributed by atoms with Gasteiger partial charge in [0.15, 0.2) is 0 Å². The Morgan fingerprint density at radius 3 is 2.47 bits per heavy atom. The van der Waals surface area contributed by atoms with Crippen LogP contribution in [0, 0.1) is 11.8 Å². The van der Waals surface area contributed by atoms with Crippen LogP contribution < -0.4 is 5.32 Å². The third-order valence-electron chi connectivity index (χ3n) is 4.76. The lowest BCUT2D eigenvalue weighted by Gasteiger charge is -2.29. The van der Waals surface area contributed by atoms with Crippen LogP contribution in [0.25, 0.3) is 0 Å². The van der Waals surface area contributed by atoms with E-state index in [1.165, 1.54) is 12.8 Å². The Bertz CT molecular complexity index is 347. The van der Waals surface area contributed by atoms with Gasteiger partial charge in [-0.3, -0.25) is 4.79 Å². The quantitative estimate of drug-likeness (QED) is 0.823. The Morgan fingerprint density at radius 2 is 1.89 bits per heavy atom. The number of amides is 1. The zero-order valence-electron chi connectivity index (χ0n) is 11.8. The number of carbonyl (C=O) groups excluding carboxylic acids is 1. The van der Waals surface area contributed by atoms with Gasteiger partial charge in [0.2, 0.25) is 5.91 Å². The largest absolute Gasteiger partial charge is 0.480 e. The molecule has 0 radical (unpaired) electrons. The van der Waals surface area contributed by atoms with E-state index in [-0.39, 0.29) is 5.91 Å². The molecule has 2 fully saturated rings. The lowest BCUT2D eigenvalue weighted by molar-refractivity contribution is -0.147. The summed E-state index contributed by atoms with van der Waals surface area (Å²) in [6.45, 7) is 2.24. The van der Waals surface area contributed by atoms with Gasteiger partial charge < -0.3 is 10.4 Å². The SMILES string of the molecule is CC1CCCC(CC(=O)NC2(C(=O)O)CCCC2)C1. The fraction of sp³-hybridized carbons (Fsp3) is 0.867. The Hall–Kier alpha value is -1.06. The first-order chi connectivity index (χ1) is 9.02. The summed E-state index contributed by atoms with van der Waals surface area (Å²) in [6, 6.07) is 0. The molecular weight excluding hydrogens is 242 g/mol. The van der Waals surface area contributed by atoms with Crippen molar-refractivity contribution in [2.75, 3.05) is 0 Å². The van der Waals surface area contributed by atoms with E-state index in [1.807, 2.05) is 0 Å². The molecule has 0 saturated heterocycles. The predicted octanol–water partition coefficient (Wildman–Crippen LogP) is 2.72. The second kappa shape index (κ2) is 5.93. The standard InChI is InChI=1S/C15H25NO3/c1-11-5-4-6-12(9-11)10-13(17)16-15(14(18)19)7-2-3-8-15/h11-12H,2-10H2,1H3,(H,16,17)(H,18,19). The number of hydrogen-bond donors (Lipinski definition) is 2. The highest BCUT2D eigenvalue weighted by molar-refractivity contribution is 5.87. The summed E-state index contributed by atoms with van der Waals surface area (Å²) in [5, 5.41) is 12.2. The molecular formula is C15H25NO3. The Morgan fingerprint density at radius 1 is 1.21 bits per heavy atom. The van der Waals surface area contributed by atoms with Crippen LogP contribution in [0.1, 0.15) is 64.7 Å². The molecule has 0 aliphatic heterocycles. The molecule has 0 heterocycles. The zero-order chi connectivity index (χ0) is 13.9. The summed E-state index contributed by atoms with van der Waals surface area (Å²) < 4.78 is 0. The first-order valence-corrected chi connectivity index (χ1v) is 7.56. The third-order valence-corrected chi connectivity index (χ3v) is 4.76. The van der Waals surface area contributed by atoms with Gasteiger partial charge in [-0.05, 0) is 37.5 Å². The van der Waals surface area contributed by atoms with Gasteiger partial charge in [-0.1, -0.05) is 32.6 Å². The Kier molecular flexibility index (Phi) is 4.48. The van der Waals surface area contributed by atoms with Crippen LogP contribution in [-0.4, -0.2) is 22.5 Å². The molecule has 2 aliphatic carbocycles. The number of rotatable bonds is 4. The normalized spacial score (nSPS) is 29.9. The molecule has 108 valence electrons. The molecule has 1 amide bonds. The first kappa shape index (κ1) is 14.4. The molecule has 2 rings (SSSR count). The number of carboxylic acid groups (broad SMARTS) is 1. The van der Waals surface area contributed by atoms with Crippen molar-refractivity contribution in [2.24, 2.45) is 11.8 Å². The lowest BCUT2D eigenvalue weighted by atomic mass is 9.80. The minimum Gasteiger partial charge on any atom is -0.480 e. The number of nitrogens with one attached hydrogen (secondary N) is 1. The molecule has 19 heavy (non-hydrogen) atoms. The van der Waals surface area contributed by atoms with E-state index in [2.05, 4.69) is 12.2 Å². The molecule has 2 unspecified atom stereocenters. The van der Waals surface area contributed by atoms with Crippen molar-refractivity contribution in [3.05, 3.63) is 0 Å². The van der Waals surface area contributed by atoms with Crippen molar-refractivity contribution in [1.29, 1.82) is 0 Å². The molecule has 2 saturated carbocycles. The molecule has 4 nitrogen and oxygen atoms in total. The zero-order valence-corrected chi connectivity index (χ0v) is 11.8. The van der Waals surface area contributed by atoms with Gasteiger partial charge in [-0.25, -0.2) is 4.79 Å². The van der Waals surface area contributed by atoms with E-state index < -0.39 is 11.5 Å². The van der Waals surface area contributed by atoms with Gasteiger partial charge in [0, 0.05) is 6.42 Å². The number of aliphatic carboxylic acids is 1. The van der Waals surface area contributed by atoms with Gasteiger partial charge in [0.05, 0.1) is 0 Å². The van der Waals surface area contributed by atoms with Crippen LogP contribution in [0.3, 0.4) is 0 Å². The summed E-state index contributed by atoms with van der Waals surface area (Å²) in [5.41, 5.74) is -0.975. The fourth-order valence-corrected chi connectivity index (χ4v) is 3.70. The molecule has 2 N–H and O–H groups in total. The van der Waals surface area contributed by atoms with Crippen LogP contribution >= 0.6 is 0 Å². The molecule has 0 aromatic heterocycles. The molecule has 2 aliphatic rings. The summed E-state index contributed by atoms with van der Waals surface area (Å²) in [7, 11) is 0. The molecule has 0 aromatic carbocycles. The minimum atomic E-state index is -0.975. The summed E-state index contributed by atoms with van der Waals surface area (Å²) in [6.07, 6.45) is 8.12. The lowest BCUT2D eigenvalue weighted by Crippen LogP contribution is -2.52. The van der Waals surface area contributed by atoms with E-state index in [1.54, 1.807) is 0 Å². The highest BCUT2D eigenvalue weighted by atomic mass is 16.4. The summed E-state index contributed by atoms with van der Waals surface area (Å²) in [4.78, 5) is 23.5. The predicted molar refractivity (Wildman–Crippen MR) is 72.7 cm³/mol. The monoisotopic (exact) mass is 267 g/mol. The molecule has 2 atom stereocenters. The first-order valence-electron chi connectivity index (χ1n) is 7.56. The van der Waals surface area contributed by atoms with Crippen LogP contribution in [0.2, 0.25) is 0 Å². The maximum atomic E-state index is 12.1. The maximum absolute atomic E-state index is 12.1. The van der Waals surface area contributed by atoms with E-state index in [0.717, 1.165) is 25.7 Å². The summed E-state index contributed by atoms with van der Waals surface area (Å²) >= 11 is 0. The minimum absolute atomic E-state index is 0.0663. The number of carbonyl (C=O) groups is 2. The topological polar surface area (TPSA) is 66.4 Å². The van der Waals surface area contributed by atoms with E-state index in [4.69, 9.17) is 0 Å². The summed E-state index contributed by atoms with van der Waals surface area (Å²) in [5.74, 6) is 0.209.